The molecular formula is C14H20N2O4. The van der Waals surface area contributed by atoms with E-state index in [4.69, 9.17) is 9.84 Å². The minimum absolute atomic E-state index is 0.284. The number of carboxylic acids is 1. The van der Waals surface area contributed by atoms with Crippen LogP contribution in [0.5, 0.6) is 0 Å². The van der Waals surface area contributed by atoms with Crippen LogP contribution >= 0.6 is 0 Å². The van der Waals surface area contributed by atoms with Crippen molar-refractivity contribution in [2.24, 2.45) is 0 Å². The summed E-state index contributed by atoms with van der Waals surface area (Å²) >= 11 is 0. The Labute approximate surface area is 118 Å². The van der Waals surface area contributed by atoms with Gasteiger partial charge in [0.25, 0.3) is 0 Å². The number of ether oxygens (including phenoxy) is 1. The lowest BCUT2D eigenvalue weighted by molar-refractivity contribution is -0.139. The first-order chi connectivity index (χ1) is 9.26. The molecule has 0 atom stereocenters. The first-order valence-electron chi connectivity index (χ1n) is 6.26. The topological polar surface area (TPSA) is 78.9 Å². The third-order valence-electron chi connectivity index (χ3n) is 2.19. The van der Waals surface area contributed by atoms with Gasteiger partial charge < -0.3 is 9.84 Å². The summed E-state index contributed by atoms with van der Waals surface area (Å²) < 4.78 is 5.10. The SMILES string of the molecule is CC(C)(C)OC(=O)NN(CC(=O)O)Cc1ccccc1. The molecule has 0 unspecified atom stereocenters. The number of hydrogen-bond donors (Lipinski definition) is 2. The molecule has 0 saturated carbocycles. The monoisotopic (exact) mass is 280 g/mol. The molecule has 0 saturated heterocycles. The van der Waals surface area contributed by atoms with Crippen molar-refractivity contribution in [3.8, 4) is 0 Å². The Morgan fingerprint density at radius 2 is 1.85 bits per heavy atom. The molecule has 0 aliphatic carbocycles. The van der Waals surface area contributed by atoms with Crippen molar-refractivity contribution in [1.29, 1.82) is 0 Å². The largest absolute Gasteiger partial charge is 0.480 e. The van der Waals surface area contributed by atoms with Gasteiger partial charge in [-0.05, 0) is 26.3 Å². The van der Waals surface area contributed by atoms with Gasteiger partial charge in [-0.3, -0.25) is 10.2 Å². The molecule has 6 nitrogen and oxygen atoms in total. The quantitative estimate of drug-likeness (QED) is 0.807. The third-order valence-corrected chi connectivity index (χ3v) is 2.19. The van der Waals surface area contributed by atoms with Crippen molar-refractivity contribution in [2.45, 2.75) is 32.9 Å². The first-order valence-corrected chi connectivity index (χ1v) is 6.26. The van der Waals surface area contributed by atoms with Gasteiger partial charge in [0.15, 0.2) is 0 Å². The molecule has 1 amide bonds. The molecule has 0 spiro atoms. The van der Waals surface area contributed by atoms with Gasteiger partial charge in [0, 0.05) is 6.54 Å². The molecule has 1 aromatic carbocycles. The van der Waals surface area contributed by atoms with Crippen LogP contribution in [0.15, 0.2) is 30.3 Å². The Balaban J connectivity index is 2.65. The number of rotatable bonds is 5. The Morgan fingerprint density at radius 1 is 1.25 bits per heavy atom. The van der Waals surface area contributed by atoms with Crippen LogP contribution < -0.4 is 5.43 Å². The highest BCUT2D eigenvalue weighted by Gasteiger charge is 2.19. The summed E-state index contributed by atoms with van der Waals surface area (Å²) in [6.07, 6.45) is -0.672. The summed E-state index contributed by atoms with van der Waals surface area (Å²) in [6, 6.07) is 9.27. The summed E-state index contributed by atoms with van der Waals surface area (Å²) in [5.41, 5.74) is 2.70. The smallest absolute Gasteiger partial charge is 0.422 e. The van der Waals surface area contributed by atoms with Gasteiger partial charge in [-0.25, -0.2) is 9.80 Å². The number of nitrogens with one attached hydrogen (secondary N) is 1. The van der Waals surface area contributed by atoms with Crippen LogP contribution in [0.4, 0.5) is 4.79 Å². The zero-order chi connectivity index (χ0) is 15.2. The van der Waals surface area contributed by atoms with Crippen molar-refractivity contribution in [2.75, 3.05) is 6.54 Å². The van der Waals surface area contributed by atoms with Gasteiger partial charge in [-0.2, -0.15) is 0 Å². The van der Waals surface area contributed by atoms with E-state index in [0.717, 1.165) is 5.56 Å². The number of nitrogens with zero attached hydrogens (tertiary/aromatic N) is 1. The van der Waals surface area contributed by atoms with Gasteiger partial charge in [-0.15, -0.1) is 0 Å². The lowest BCUT2D eigenvalue weighted by Gasteiger charge is -2.25. The predicted molar refractivity (Wildman–Crippen MR) is 73.9 cm³/mol. The molecule has 110 valence electrons. The zero-order valence-electron chi connectivity index (χ0n) is 11.9. The maximum atomic E-state index is 11.7. The molecule has 0 radical (unpaired) electrons. The summed E-state index contributed by atoms with van der Waals surface area (Å²) in [6.45, 7) is 5.20. The van der Waals surface area contributed by atoms with E-state index in [1.807, 2.05) is 30.3 Å². The average molecular weight is 280 g/mol. The van der Waals surface area contributed by atoms with Crippen molar-refractivity contribution in [3.05, 3.63) is 35.9 Å². The maximum Gasteiger partial charge on any atom is 0.422 e. The van der Waals surface area contributed by atoms with Crippen LogP contribution in [0.3, 0.4) is 0 Å². The normalized spacial score (nSPS) is 11.2. The number of carboxylic acid groups (broad SMARTS) is 1. The average Bonchev–Trinajstić information content (AvgIpc) is 2.26. The number of hydrogen-bond acceptors (Lipinski definition) is 4. The van der Waals surface area contributed by atoms with Gasteiger partial charge in [-0.1, -0.05) is 30.3 Å². The molecule has 0 bridgehead atoms. The minimum Gasteiger partial charge on any atom is -0.480 e. The van der Waals surface area contributed by atoms with Crippen LogP contribution in [-0.4, -0.2) is 34.3 Å². The van der Waals surface area contributed by atoms with Gasteiger partial charge in [0.05, 0.1) is 0 Å². The van der Waals surface area contributed by atoms with Crippen molar-refractivity contribution >= 4 is 12.1 Å². The number of amides is 1. The summed E-state index contributed by atoms with van der Waals surface area (Å²) in [5, 5.41) is 10.2. The number of carbonyl (C=O) groups excluding carboxylic acids is 1. The molecule has 0 aliphatic rings. The second kappa shape index (κ2) is 6.91. The highest BCUT2D eigenvalue weighted by molar-refractivity contribution is 5.71. The molecule has 0 fully saturated rings. The van der Waals surface area contributed by atoms with E-state index in [-0.39, 0.29) is 13.1 Å². The van der Waals surface area contributed by atoms with E-state index in [2.05, 4.69) is 5.43 Å². The number of hydrazine groups is 1. The highest BCUT2D eigenvalue weighted by Crippen LogP contribution is 2.08. The van der Waals surface area contributed by atoms with E-state index < -0.39 is 17.7 Å². The zero-order valence-corrected chi connectivity index (χ0v) is 11.9. The summed E-state index contributed by atoms with van der Waals surface area (Å²) in [4.78, 5) is 22.5. The Morgan fingerprint density at radius 3 is 2.35 bits per heavy atom. The molecule has 6 heteroatoms. The van der Waals surface area contributed by atoms with Crippen molar-refractivity contribution in [1.82, 2.24) is 10.4 Å². The molecule has 1 aromatic rings. The van der Waals surface area contributed by atoms with Gasteiger partial charge in [0.1, 0.15) is 12.1 Å². The van der Waals surface area contributed by atoms with Crippen LogP contribution in [-0.2, 0) is 16.1 Å². The lowest BCUT2D eigenvalue weighted by atomic mass is 10.2. The maximum absolute atomic E-state index is 11.7. The second-order valence-electron chi connectivity index (χ2n) is 5.35. The predicted octanol–water partition coefficient (Wildman–Crippen LogP) is 2.01. The van der Waals surface area contributed by atoms with Crippen molar-refractivity contribution in [3.63, 3.8) is 0 Å². The van der Waals surface area contributed by atoms with Crippen LogP contribution in [0.2, 0.25) is 0 Å². The van der Waals surface area contributed by atoms with Crippen molar-refractivity contribution < 1.29 is 19.4 Å². The molecule has 0 heterocycles. The Bertz CT molecular complexity index is 454. The highest BCUT2D eigenvalue weighted by atomic mass is 16.6. The Kier molecular flexibility index (Phi) is 5.52. The summed E-state index contributed by atoms with van der Waals surface area (Å²) in [5.74, 6) is -1.03. The lowest BCUT2D eigenvalue weighted by Crippen LogP contribution is -2.46. The summed E-state index contributed by atoms with van der Waals surface area (Å²) in [7, 11) is 0. The van der Waals surface area contributed by atoms with Gasteiger partial charge >= 0.3 is 12.1 Å². The second-order valence-corrected chi connectivity index (χ2v) is 5.35. The van der Waals surface area contributed by atoms with E-state index in [0.29, 0.717) is 0 Å². The van der Waals surface area contributed by atoms with E-state index in [1.54, 1.807) is 20.8 Å². The standard InChI is InChI=1S/C14H20N2O4/c1-14(2,3)20-13(19)15-16(10-12(17)18)9-11-7-5-4-6-8-11/h4-8H,9-10H2,1-3H3,(H,15,19)(H,17,18). The molecule has 20 heavy (non-hydrogen) atoms. The molecule has 2 N–H and O–H groups in total. The third kappa shape index (κ3) is 6.75. The van der Waals surface area contributed by atoms with Crippen LogP contribution in [0, 0.1) is 0 Å². The number of aliphatic carboxylic acids is 1. The molecule has 0 aliphatic heterocycles. The van der Waals surface area contributed by atoms with Crippen LogP contribution in [0.25, 0.3) is 0 Å². The van der Waals surface area contributed by atoms with E-state index in [1.165, 1.54) is 5.01 Å². The molecule has 1 rings (SSSR count). The minimum atomic E-state index is -1.03. The number of benzene rings is 1. The fraction of sp³-hybridized carbons (Fsp3) is 0.429. The molecule has 0 aromatic heterocycles. The fourth-order valence-electron chi connectivity index (χ4n) is 1.53. The van der Waals surface area contributed by atoms with Crippen LogP contribution in [0.1, 0.15) is 26.3 Å². The van der Waals surface area contributed by atoms with Gasteiger partial charge in [0.2, 0.25) is 0 Å². The first kappa shape index (κ1) is 16.0. The van der Waals surface area contributed by atoms with E-state index in [9.17, 15) is 9.59 Å². The fourth-order valence-corrected chi connectivity index (χ4v) is 1.53. The Hall–Kier alpha value is -2.08. The molecular weight excluding hydrogens is 260 g/mol. The van der Waals surface area contributed by atoms with E-state index >= 15 is 0 Å². The number of carbonyl (C=O) groups is 2.